The van der Waals surface area contributed by atoms with E-state index in [0.29, 0.717) is 24.0 Å². The van der Waals surface area contributed by atoms with Gasteiger partial charge in [-0.05, 0) is 42.0 Å². The van der Waals surface area contributed by atoms with Crippen LogP contribution in [0.25, 0.3) is 22.5 Å². The number of nitrogens with one attached hydrogen (secondary N) is 2. The summed E-state index contributed by atoms with van der Waals surface area (Å²) < 4.78 is 0. The average molecular weight is 374 g/mol. The normalized spacial score (nSPS) is 17.2. The van der Waals surface area contributed by atoms with Crippen molar-refractivity contribution in [3.63, 3.8) is 0 Å². The first-order valence-electron chi connectivity index (χ1n) is 9.97. The van der Waals surface area contributed by atoms with Crippen molar-refractivity contribution >= 4 is 5.91 Å². The summed E-state index contributed by atoms with van der Waals surface area (Å²) in [6.07, 6.45) is 6.19. The second kappa shape index (κ2) is 7.14. The molecule has 1 aromatic carbocycles. The van der Waals surface area contributed by atoms with Crippen LogP contribution in [0.15, 0.2) is 30.3 Å². The Morgan fingerprint density at radius 1 is 1.00 bits per heavy atom. The van der Waals surface area contributed by atoms with Gasteiger partial charge in [0.15, 0.2) is 0 Å². The molecule has 1 fully saturated rings. The van der Waals surface area contributed by atoms with Gasteiger partial charge in [-0.1, -0.05) is 43.2 Å². The van der Waals surface area contributed by atoms with Crippen molar-refractivity contribution in [3.05, 3.63) is 47.3 Å². The van der Waals surface area contributed by atoms with Crippen molar-refractivity contribution in [2.75, 3.05) is 6.54 Å². The van der Waals surface area contributed by atoms with E-state index < -0.39 is 0 Å². The zero-order valence-corrected chi connectivity index (χ0v) is 15.6. The maximum Gasteiger partial charge on any atom is 0.270 e. The van der Waals surface area contributed by atoms with Crippen LogP contribution in [-0.2, 0) is 6.42 Å². The lowest BCUT2D eigenvalue weighted by molar-refractivity contribution is 0.0951. The van der Waals surface area contributed by atoms with E-state index in [1.165, 1.54) is 12.8 Å². The van der Waals surface area contributed by atoms with Gasteiger partial charge < -0.3 is 5.32 Å². The molecule has 28 heavy (non-hydrogen) atoms. The molecule has 2 N–H and O–H groups in total. The lowest BCUT2D eigenvalue weighted by Gasteiger charge is -2.21. The van der Waals surface area contributed by atoms with Crippen molar-refractivity contribution in [2.24, 2.45) is 0 Å². The van der Waals surface area contributed by atoms with Crippen molar-refractivity contribution < 1.29 is 4.79 Å². The van der Waals surface area contributed by atoms with Gasteiger partial charge in [0.05, 0.1) is 11.3 Å². The maximum atomic E-state index is 12.8. The fraction of sp³-hybridized carbons (Fsp3) is 0.381. The number of carbonyl (C=O) groups is 1. The van der Waals surface area contributed by atoms with Crippen molar-refractivity contribution in [1.82, 2.24) is 30.9 Å². The number of carbonyl (C=O) groups excluding carboxylic acids is 1. The quantitative estimate of drug-likeness (QED) is 0.733. The summed E-state index contributed by atoms with van der Waals surface area (Å²) in [6, 6.07) is 10.2. The van der Waals surface area contributed by atoms with Crippen LogP contribution < -0.4 is 5.32 Å². The van der Waals surface area contributed by atoms with Gasteiger partial charge in [0, 0.05) is 18.0 Å². The van der Waals surface area contributed by atoms with Crippen LogP contribution >= 0.6 is 0 Å². The minimum Gasteiger partial charge on any atom is -0.351 e. The van der Waals surface area contributed by atoms with Gasteiger partial charge in [-0.3, -0.25) is 4.79 Å². The highest BCUT2D eigenvalue weighted by Gasteiger charge is 2.32. The Bertz CT molecular complexity index is 993. The first kappa shape index (κ1) is 17.0. The van der Waals surface area contributed by atoms with Crippen LogP contribution in [-0.4, -0.2) is 38.1 Å². The van der Waals surface area contributed by atoms with E-state index in [9.17, 15) is 4.79 Å². The van der Waals surface area contributed by atoms with Crippen LogP contribution in [0.5, 0.6) is 0 Å². The first-order chi connectivity index (χ1) is 13.8. The number of H-pyrrole nitrogens is 1. The molecule has 1 aliphatic heterocycles. The summed E-state index contributed by atoms with van der Waals surface area (Å²) in [6.45, 7) is 0.666. The standard InChI is InChI=1S/C21H22N6O/c28-21-19-15(11-6-12-22-21)16(13-7-2-1-3-8-13)17(20-24-26-27-25-20)18(23-19)14-9-4-5-10-14/h1-3,7-8,14H,4-6,9-12H2,(H,22,28)(H,24,25,26,27). The molecule has 3 heterocycles. The van der Waals surface area contributed by atoms with E-state index in [2.05, 4.69) is 38.1 Å². The fourth-order valence-corrected chi connectivity index (χ4v) is 4.54. The predicted molar refractivity (Wildman–Crippen MR) is 105 cm³/mol. The third-order valence-electron chi connectivity index (χ3n) is 5.80. The molecule has 2 aliphatic rings. The largest absolute Gasteiger partial charge is 0.351 e. The molecule has 0 bridgehead atoms. The topological polar surface area (TPSA) is 96.5 Å². The zero-order valence-electron chi connectivity index (χ0n) is 15.6. The highest BCUT2D eigenvalue weighted by molar-refractivity contribution is 5.99. The van der Waals surface area contributed by atoms with E-state index >= 15 is 0 Å². The number of amides is 1. The summed E-state index contributed by atoms with van der Waals surface area (Å²) in [5.74, 6) is 0.793. The molecule has 3 aromatic rings. The number of benzene rings is 1. The molecule has 0 radical (unpaired) electrons. The highest BCUT2D eigenvalue weighted by Crippen LogP contribution is 2.44. The molecular weight excluding hydrogens is 352 g/mol. The second-order valence-electron chi connectivity index (χ2n) is 7.52. The molecule has 7 nitrogen and oxygen atoms in total. The monoisotopic (exact) mass is 374 g/mol. The summed E-state index contributed by atoms with van der Waals surface area (Å²) >= 11 is 0. The fourth-order valence-electron chi connectivity index (χ4n) is 4.54. The Morgan fingerprint density at radius 2 is 1.82 bits per heavy atom. The summed E-state index contributed by atoms with van der Waals surface area (Å²) in [4.78, 5) is 17.8. The molecule has 7 heteroatoms. The van der Waals surface area contributed by atoms with Gasteiger partial charge in [-0.25, -0.2) is 4.98 Å². The van der Waals surface area contributed by atoms with E-state index in [4.69, 9.17) is 4.98 Å². The molecule has 0 atom stereocenters. The van der Waals surface area contributed by atoms with E-state index in [0.717, 1.165) is 53.6 Å². The third kappa shape index (κ3) is 2.87. The minimum absolute atomic E-state index is 0.0800. The number of hydrogen-bond donors (Lipinski definition) is 2. The van der Waals surface area contributed by atoms with Crippen molar-refractivity contribution in [2.45, 2.75) is 44.4 Å². The van der Waals surface area contributed by atoms with Crippen LogP contribution in [0, 0.1) is 0 Å². The average Bonchev–Trinajstić information content (AvgIpc) is 3.42. The van der Waals surface area contributed by atoms with Gasteiger partial charge in [-0.2, -0.15) is 5.21 Å². The predicted octanol–water partition coefficient (Wildman–Crippen LogP) is 3.26. The molecule has 0 saturated heterocycles. The van der Waals surface area contributed by atoms with Gasteiger partial charge in [0.1, 0.15) is 5.69 Å². The van der Waals surface area contributed by atoms with Crippen LogP contribution in [0.1, 0.15) is 59.8 Å². The SMILES string of the molecule is O=C1NCCCc2c1nc(C1CCCC1)c(-c1nn[nH]n1)c2-c1ccccc1. The summed E-state index contributed by atoms with van der Waals surface area (Å²) in [5, 5.41) is 18.0. The number of hydrogen-bond acceptors (Lipinski definition) is 5. The van der Waals surface area contributed by atoms with E-state index in [1.54, 1.807) is 0 Å². The Labute approximate surface area is 163 Å². The molecule has 5 rings (SSSR count). The molecule has 142 valence electrons. The molecule has 1 aliphatic carbocycles. The van der Waals surface area contributed by atoms with Crippen molar-refractivity contribution in [1.29, 1.82) is 0 Å². The number of aromatic amines is 1. The van der Waals surface area contributed by atoms with Crippen LogP contribution in [0.3, 0.4) is 0 Å². The number of nitrogens with zero attached hydrogens (tertiary/aromatic N) is 4. The maximum absolute atomic E-state index is 12.8. The Hall–Kier alpha value is -3.09. The zero-order chi connectivity index (χ0) is 18.9. The molecule has 0 spiro atoms. The van der Waals surface area contributed by atoms with E-state index in [-0.39, 0.29) is 5.91 Å². The minimum atomic E-state index is -0.0800. The number of tetrazole rings is 1. The molecular formula is C21H22N6O. The summed E-state index contributed by atoms with van der Waals surface area (Å²) in [7, 11) is 0. The molecule has 1 amide bonds. The third-order valence-corrected chi connectivity index (χ3v) is 5.80. The number of aromatic nitrogens is 5. The Kier molecular flexibility index (Phi) is 4.35. The highest BCUT2D eigenvalue weighted by atomic mass is 16.1. The Balaban J connectivity index is 1.86. The molecule has 0 unspecified atom stereocenters. The van der Waals surface area contributed by atoms with Gasteiger partial charge in [-0.15, -0.1) is 10.2 Å². The number of fused-ring (bicyclic) bond motifs is 1. The van der Waals surface area contributed by atoms with Crippen LogP contribution in [0.2, 0.25) is 0 Å². The molecule has 1 saturated carbocycles. The number of pyridine rings is 1. The Morgan fingerprint density at radius 3 is 2.57 bits per heavy atom. The smallest absolute Gasteiger partial charge is 0.270 e. The first-order valence-corrected chi connectivity index (χ1v) is 9.97. The van der Waals surface area contributed by atoms with Gasteiger partial charge >= 0.3 is 0 Å². The lowest BCUT2D eigenvalue weighted by Crippen LogP contribution is -2.24. The van der Waals surface area contributed by atoms with Gasteiger partial charge in [0.25, 0.3) is 5.91 Å². The second-order valence-corrected chi connectivity index (χ2v) is 7.52. The van der Waals surface area contributed by atoms with Gasteiger partial charge in [0.2, 0.25) is 5.82 Å². The lowest BCUT2D eigenvalue weighted by atomic mass is 9.86. The summed E-state index contributed by atoms with van der Waals surface area (Å²) in [5.41, 5.74) is 5.52. The molecule has 2 aromatic heterocycles. The number of rotatable bonds is 3. The van der Waals surface area contributed by atoms with E-state index in [1.807, 2.05) is 18.2 Å². The van der Waals surface area contributed by atoms with Crippen molar-refractivity contribution in [3.8, 4) is 22.5 Å². The van der Waals surface area contributed by atoms with Crippen LogP contribution in [0.4, 0.5) is 0 Å².